The lowest BCUT2D eigenvalue weighted by Crippen LogP contribution is -2.57. The molecule has 106 valence electrons. The number of carbonyl (C=O) groups excluding carboxylic acids is 1. The molecule has 4 atom stereocenters. The molecule has 19 heavy (non-hydrogen) atoms. The highest BCUT2D eigenvalue weighted by atomic mass is 16.4. The average Bonchev–Trinajstić information content (AvgIpc) is 2.83. The quantitative estimate of drug-likeness (QED) is 0.822. The van der Waals surface area contributed by atoms with Gasteiger partial charge in [0.25, 0.3) is 0 Å². The van der Waals surface area contributed by atoms with E-state index in [1.807, 2.05) is 0 Å². The summed E-state index contributed by atoms with van der Waals surface area (Å²) in [5.41, 5.74) is -0.994. The van der Waals surface area contributed by atoms with Crippen LogP contribution in [-0.2, 0) is 9.59 Å². The molecule has 4 nitrogen and oxygen atoms in total. The molecule has 3 rings (SSSR count). The van der Waals surface area contributed by atoms with Gasteiger partial charge in [-0.1, -0.05) is 26.2 Å². The first kappa shape index (κ1) is 12.9. The molecule has 1 amide bonds. The van der Waals surface area contributed by atoms with Gasteiger partial charge >= 0.3 is 5.97 Å². The number of hydrogen-bond donors (Lipinski definition) is 2. The number of aliphatic carboxylic acids is 1. The largest absolute Gasteiger partial charge is 0.480 e. The van der Waals surface area contributed by atoms with E-state index in [0.29, 0.717) is 30.6 Å². The van der Waals surface area contributed by atoms with Gasteiger partial charge < -0.3 is 10.4 Å². The number of carboxylic acid groups (broad SMARTS) is 1. The number of carbonyl (C=O) groups is 2. The number of rotatable bonds is 3. The molecule has 3 aliphatic rings. The van der Waals surface area contributed by atoms with Crippen molar-refractivity contribution in [1.29, 1.82) is 0 Å². The zero-order chi connectivity index (χ0) is 13.6. The van der Waals surface area contributed by atoms with E-state index in [1.165, 1.54) is 6.42 Å². The van der Waals surface area contributed by atoms with E-state index < -0.39 is 11.5 Å². The van der Waals surface area contributed by atoms with Crippen LogP contribution >= 0.6 is 0 Å². The summed E-state index contributed by atoms with van der Waals surface area (Å²) in [6, 6.07) is 0. The number of amides is 1. The predicted molar refractivity (Wildman–Crippen MR) is 70.5 cm³/mol. The summed E-state index contributed by atoms with van der Waals surface area (Å²) < 4.78 is 0. The van der Waals surface area contributed by atoms with Crippen LogP contribution in [-0.4, -0.2) is 22.5 Å². The summed E-state index contributed by atoms with van der Waals surface area (Å²) in [5, 5.41) is 12.5. The fraction of sp³-hybridized carbons (Fsp3) is 0.867. The van der Waals surface area contributed by atoms with Gasteiger partial charge in [0.2, 0.25) is 5.91 Å². The van der Waals surface area contributed by atoms with Gasteiger partial charge in [0.15, 0.2) is 0 Å². The van der Waals surface area contributed by atoms with Gasteiger partial charge in [-0.05, 0) is 43.4 Å². The van der Waals surface area contributed by atoms with Crippen LogP contribution < -0.4 is 5.32 Å². The first-order valence-electron chi connectivity index (χ1n) is 7.59. The second-order valence-electron chi connectivity index (χ2n) is 6.86. The van der Waals surface area contributed by atoms with Crippen molar-refractivity contribution < 1.29 is 14.7 Å². The molecule has 0 spiro atoms. The molecule has 0 saturated heterocycles. The van der Waals surface area contributed by atoms with Crippen LogP contribution in [0.1, 0.15) is 51.9 Å². The van der Waals surface area contributed by atoms with Crippen LogP contribution in [0.2, 0.25) is 0 Å². The van der Waals surface area contributed by atoms with Crippen LogP contribution in [0, 0.1) is 23.7 Å². The predicted octanol–water partition coefficient (Wildman–Crippen LogP) is 2.18. The third-order valence-corrected chi connectivity index (χ3v) is 5.48. The second-order valence-corrected chi connectivity index (χ2v) is 6.86. The van der Waals surface area contributed by atoms with Crippen molar-refractivity contribution in [2.75, 3.05) is 0 Å². The lowest BCUT2D eigenvalue weighted by Gasteiger charge is -2.37. The topological polar surface area (TPSA) is 66.4 Å². The van der Waals surface area contributed by atoms with Crippen LogP contribution in [0.15, 0.2) is 0 Å². The monoisotopic (exact) mass is 265 g/mol. The Balaban J connectivity index is 1.68. The summed E-state index contributed by atoms with van der Waals surface area (Å²) in [6.07, 6.45) is 6.67. The normalized spacial score (nSPS) is 44.5. The highest BCUT2D eigenvalue weighted by molar-refractivity contribution is 5.90. The van der Waals surface area contributed by atoms with Gasteiger partial charge in [-0.3, -0.25) is 4.79 Å². The molecule has 0 bridgehead atoms. The van der Waals surface area contributed by atoms with Crippen molar-refractivity contribution in [3.8, 4) is 0 Å². The standard InChI is InChI=1S/C15H23NO3/c1-9-4-3-7-15(8-9,14(18)19)16-13(17)12-10-5-2-6-11(10)12/h9-12H,2-8H2,1H3,(H,16,17)(H,18,19). The molecule has 3 aliphatic carbocycles. The van der Waals surface area contributed by atoms with Gasteiger partial charge in [-0.15, -0.1) is 0 Å². The van der Waals surface area contributed by atoms with Gasteiger partial charge in [0.1, 0.15) is 5.54 Å². The van der Waals surface area contributed by atoms with E-state index >= 15 is 0 Å². The summed E-state index contributed by atoms with van der Waals surface area (Å²) >= 11 is 0. The Morgan fingerprint density at radius 1 is 1.16 bits per heavy atom. The summed E-state index contributed by atoms with van der Waals surface area (Å²) in [4.78, 5) is 24.0. The van der Waals surface area contributed by atoms with Gasteiger partial charge in [0.05, 0.1) is 0 Å². The maximum atomic E-state index is 12.3. The van der Waals surface area contributed by atoms with Crippen LogP contribution in [0.5, 0.6) is 0 Å². The van der Waals surface area contributed by atoms with Crippen molar-refractivity contribution in [1.82, 2.24) is 5.32 Å². The van der Waals surface area contributed by atoms with Gasteiger partial charge in [0, 0.05) is 5.92 Å². The lowest BCUT2D eigenvalue weighted by atomic mass is 9.76. The number of carboxylic acids is 1. The molecule has 4 heteroatoms. The van der Waals surface area contributed by atoms with E-state index in [4.69, 9.17) is 0 Å². The molecular weight excluding hydrogens is 242 g/mol. The van der Waals surface area contributed by atoms with E-state index in [9.17, 15) is 14.7 Å². The average molecular weight is 265 g/mol. The Bertz CT molecular complexity index is 398. The molecule has 0 heterocycles. The Morgan fingerprint density at radius 2 is 1.84 bits per heavy atom. The zero-order valence-electron chi connectivity index (χ0n) is 11.5. The Morgan fingerprint density at radius 3 is 2.42 bits per heavy atom. The molecule has 2 N–H and O–H groups in total. The van der Waals surface area contributed by atoms with Gasteiger partial charge in [-0.2, -0.15) is 0 Å². The lowest BCUT2D eigenvalue weighted by molar-refractivity contribution is -0.150. The maximum absolute atomic E-state index is 12.3. The maximum Gasteiger partial charge on any atom is 0.329 e. The third-order valence-electron chi connectivity index (χ3n) is 5.48. The van der Waals surface area contributed by atoms with Crippen LogP contribution in [0.4, 0.5) is 0 Å². The molecule has 0 aliphatic heterocycles. The van der Waals surface area contributed by atoms with E-state index in [0.717, 1.165) is 25.7 Å². The minimum absolute atomic E-state index is 0.00574. The zero-order valence-corrected chi connectivity index (χ0v) is 11.5. The van der Waals surface area contributed by atoms with Crippen molar-refractivity contribution in [2.24, 2.45) is 23.7 Å². The number of fused-ring (bicyclic) bond motifs is 1. The number of hydrogen-bond acceptors (Lipinski definition) is 2. The molecule has 0 aromatic rings. The minimum atomic E-state index is -0.994. The SMILES string of the molecule is CC1CCCC(NC(=O)C2C3CCCC32)(C(=O)O)C1. The second kappa shape index (κ2) is 4.50. The smallest absolute Gasteiger partial charge is 0.329 e. The molecule has 0 aromatic heterocycles. The first-order valence-corrected chi connectivity index (χ1v) is 7.59. The van der Waals surface area contributed by atoms with Crippen molar-refractivity contribution in [2.45, 2.75) is 57.4 Å². The van der Waals surface area contributed by atoms with E-state index in [-0.39, 0.29) is 11.8 Å². The Labute approximate surface area is 113 Å². The number of nitrogens with one attached hydrogen (secondary N) is 1. The highest BCUT2D eigenvalue weighted by Gasteiger charge is 2.58. The first-order chi connectivity index (χ1) is 9.03. The summed E-state index contributed by atoms with van der Waals surface area (Å²) in [7, 11) is 0. The molecule has 3 fully saturated rings. The van der Waals surface area contributed by atoms with Crippen LogP contribution in [0.25, 0.3) is 0 Å². The highest BCUT2D eigenvalue weighted by Crippen LogP contribution is 2.57. The van der Waals surface area contributed by atoms with Crippen molar-refractivity contribution in [3.05, 3.63) is 0 Å². The molecule has 4 unspecified atom stereocenters. The van der Waals surface area contributed by atoms with E-state index in [1.54, 1.807) is 0 Å². The Hall–Kier alpha value is -1.06. The Kier molecular flexibility index (Phi) is 3.06. The molecule has 0 aromatic carbocycles. The van der Waals surface area contributed by atoms with Crippen LogP contribution in [0.3, 0.4) is 0 Å². The van der Waals surface area contributed by atoms with Crippen molar-refractivity contribution >= 4 is 11.9 Å². The fourth-order valence-electron chi connectivity index (χ4n) is 4.44. The minimum Gasteiger partial charge on any atom is -0.480 e. The fourth-order valence-corrected chi connectivity index (χ4v) is 4.44. The van der Waals surface area contributed by atoms with Gasteiger partial charge in [-0.25, -0.2) is 4.79 Å². The molecular formula is C15H23NO3. The third kappa shape index (κ3) is 2.15. The summed E-state index contributed by atoms with van der Waals surface area (Å²) in [6.45, 7) is 2.08. The summed E-state index contributed by atoms with van der Waals surface area (Å²) in [5.74, 6) is 0.745. The molecule has 0 radical (unpaired) electrons. The van der Waals surface area contributed by atoms with E-state index in [2.05, 4.69) is 12.2 Å². The molecule has 3 saturated carbocycles. The van der Waals surface area contributed by atoms with Crippen molar-refractivity contribution in [3.63, 3.8) is 0 Å².